The Labute approximate surface area is 198 Å². The van der Waals surface area contributed by atoms with Gasteiger partial charge < -0.3 is 19.5 Å². The van der Waals surface area contributed by atoms with E-state index in [1.807, 2.05) is 24.3 Å². The fourth-order valence-electron chi connectivity index (χ4n) is 3.27. The second-order valence-electron chi connectivity index (χ2n) is 7.59. The van der Waals surface area contributed by atoms with Gasteiger partial charge in [-0.25, -0.2) is 0 Å². The number of hydrogen-bond acceptors (Lipinski definition) is 6. The maximum absolute atomic E-state index is 12.6. The van der Waals surface area contributed by atoms with Gasteiger partial charge in [-0.1, -0.05) is 36.4 Å². The van der Waals surface area contributed by atoms with Crippen molar-refractivity contribution in [2.24, 2.45) is 0 Å². The first-order valence-corrected chi connectivity index (χ1v) is 10.8. The first-order chi connectivity index (χ1) is 16.5. The number of amides is 1. The number of Topliss-reactive ketones (excluding diaryl/α,β-unsaturated/α-hetero) is 2. The molecule has 0 aromatic heterocycles. The van der Waals surface area contributed by atoms with Crippen molar-refractivity contribution in [1.29, 1.82) is 0 Å². The van der Waals surface area contributed by atoms with E-state index >= 15 is 0 Å². The highest BCUT2D eigenvalue weighted by Crippen LogP contribution is 2.18. The van der Waals surface area contributed by atoms with Gasteiger partial charge >= 0.3 is 0 Å². The van der Waals surface area contributed by atoms with Gasteiger partial charge in [0, 0.05) is 12.8 Å². The van der Waals surface area contributed by atoms with Crippen LogP contribution in [0, 0.1) is 0 Å². The lowest BCUT2D eigenvalue weighted by Crippen LogP contribution is -2.30. The van der Waals surface area contributed by atoms with Gasteiger partial charge in [-0.3, -0.25) is 14.4 Å². The Morgan fingerprint density at radius 3 is 1.79 bits per heavy atom. The molecule has 3 rings (SSSR count). The van der Waals surface area contributed by atoms with Crippen LogP contribution in [0.15, 0.2) is 72.8 Å². The van der Waals surface area contributed by atoms with E-state index < -0.39 is 5.91 Å². The van der Waals surface area contributed by atoms with Gasteiger partial charge in [-0.2, -0.15) is 0 Å². The van der Waals surface area contributed by atoms with Crippen LogP contribution in [0.4, 0.5) is 0 Å². The predicted octanol–water partition coefficient (Wildman–Crippen LogP) is 3.44. The Bertz CT molecular complexity index is 1120. The molecule has 7 heteroatoms. The minimum absolute atomic E-state index is 0.115. The van der Waals surface area contributed by atoms with Gasteiger partial charge in [0.25, 0.3) is 5.91 Å². The number of hydrogen-bond donors (Lipinski definition) is 1. The van der Waals surface area contributed by atoms with E-state index in [2.05, 4.69) is 5.32 Å². The molecule has 1 amide bonds. The lowest BCUT2D eigenvalue weighted by molar-refractivity contribution is -0.120. The number of para-hydroxylation sites is 1. The van der Waals surface area contributed by atoms with Crippen molar-refractivity contribution in [2.75, 3.05) is 27.4 Å². The van der Waals surface area contributed by atoms with E-state index in [1.165, 1.54) is 0 Å². The average molecular weight is 462 g/mol. The quantitative estimate of drug-likeness (QED) is 0.444. The molecule has 3 aromatic carbocycles. The SMILES string of the molecule is COc1ccc(CC(=O)CNC(=O)c2ccccc2OCC(=O)Cc2ccc(OC)cc2)cc1. The maximum atomic E-state index is 12.6. The molecule has 1 N–H and O–H groups in total. The normalized spacial score (nSPS) is 10.3. The van der Waals surface area contributed by atoms with Gasteiger partial charge in [-0.05, 0) is 47.5 Å². The third kappa shape index (κ3) is 7.20. The summed E-state index contributed by atoms with van der Waals surface area (Å²) in [4.78, 5) is 37.3. The Morgan fingerprint density at radius 2 is 1.24 bits per heavy atom. The summed E-state index contributed by atoms with van der Waals surface area (Å²) in [7, 11) is 3.16. The number of carbonyl (C=O) groups is 3. The molecular formula is C27H27NO6. The summed E-state index contributed by atoms with van der Waals surface area (Å²) < 4.78 is 15.9. The molecular weight excluding hydrogens is 434 g/mol. The molecule has 3 aromatic rings. The smallest absolute Gasteiger partial charge is 0.255 e. The molecule has 0 saturated carbocycles. The summed E-state index contributed by atoms with van der Waals surface area (Å²) in [6.45, 7) is -0.289. The van der Waals surface area contributed by atoms with Gasteiger partial charge in [0.05, 0.1) is 26.3 Å². The fraction of sp³-hybridized carbons (Fsp3) is 0.222. The topological polar surface area (TPSA) is 90.9 Å². The molecule has 0 aliphatic heterocycles. The molecule has 0 aliphatic rings. The van der Waals surface area contributed by atoms with Crippen LogP contribution >= 0.6 is 0 Å². The Kier molecular flexibility index (Phi) is 8.80. The predicted molar refractivity (Wildman–Crippen MR) is 128 cm³/mol. The molecule has 34 heavy (non-hydrogen) atoms. The summed E-state index contributed by atoms with van der Waals surface area (Å²) in [5.41, 5.74) is 1.94. The van der Waals surface area contributed by atoms with Crippen molar-refractivity contribution in [3.63, 3.8) is 0 Å². The third-order valence-corrected chi connectivity index (χ3v) is 5.09. The summed E-state index contributed by atoms with van der Waals surface area (Å²) in [6.07, 6.45) is 0.403. The Balaban J connectivity index is 1.51. The first-order valence-electron chi connectivity index (χ1n) is 10.8. The zero-order valence-corrected chi connectivity index (χ0v) is 19.2. The fourth-order valence-corrected chi connectivity index (χ4v) is 3.27. The summed E-state index contributed by atoms with van der Waals surface area (Å²) in [5.74, 6) is 1.01. The highest BCUT2D eigenvalue weighted by atomic mass is 16.5. The summed E-state index contributed by atoms with van der Waals surface area (Å²) in [6, 6.07) is 21.0. The molecule has 0 saturated heterocycles. The lowest BCUT2D eigenvalue weighted by Gasteiger charge is -2.11. The first kappa shape index (κ1) is 24.5. The second-order valence-corrected chi connectivity index (χ2v) is 7.59. The number of ether oxygens (including phenoxy) is 3. The van der Waals surface area contributed by atoms with Gasteiger partial charge in [0.15, 0.2) is 11.6 Å². The molecule has 0 aliphatic carbocycles. The number of carbonyl (C=O) groups excluding carboxylic acids is 3. The van der Waals surface area contributed by atoms with E-state index in [1.54, 1.807) is 62.8 Å². The van der Waals surface area contributed by atoms with Gasteiger partial charge in [0.1, 0.15) is 23.9 Å². The lowest BCUT2D eigenvalue weighted by atomic mass is 10.1. The molecule has 0 heterocycles. The largest absolute Gasteiger partial charge is 0.497 e. The standard InChI is InChI=1S/C27H27NO6/c1-32-23-11-7-19(8-12-23)15-21(29)17-28-27(31)25-5-3-4-6-26(25)34-18-22(30)16-20-9-13-24(33-2)14-10-20/h3-14H,15-18H2,1-2H3,(H,28,31). The number of nitrogens with one attached hydrogen (secondary N) is 1. The molecule has 176 valence electrons. The number of rotatable bonds is 12. The molecule has 0 bridgehead atoms. The molecule has 7 nitrogen and oxygen atoms in total. The third-order valence-electron chi connectivity index (χ3n) is 5.09. The molecule has 0 unspecified atom stereocenters. The van der Waals surface area contributed by atoms with E-state index in [4.69, 9.17) is 14.2 Å². The van der Waals surface area contributed by atoms with Crippen molar-refractivity contribution < 1.29 is 28.6 Å². The second kappa shape index (κ2) is 12.2. The molecule has 0 atom stereocenters. The Hall–Kier alpha value is -4.13. The van der Waals surface area contributed by atoms with E-state index in [0.29, 0.717) is 5.75 Å². The molecule has 0 radical (unpaired) electrons. The van der Waals surface area contributed by atoms with Crippen LogP contribution < -0.4 is 19.5 Å². The van der Waals surface area contributed by atoms with Crippen molar-refractivity contribution >= 4 is 17.5 Å². The van der Waals surface area contributed by atoms with E-state index in [9.17, 15) is 14.4 Å². The number of benzene rings is 3. The zero-order chi connectivity index (χ0) is 24.3. The number of ketones is 2. The van der Waals surface area contributed by atoms with Crippen LogP contribution in [0.3, 0.4) is 0 Å². The highest BCUT2D eigenvalue weighted by Gasteiger charge is 2.15. The molecule has 0 spiro atoms. The van der Waals surface area contributed by atoms with Crippen LogP contribution in [0.25, 0.3) is 0 Å². The monoisotopic (exact) mass is 461 g/mol. The van der Waals surface area contributed by atoms with Crippen LogP contribution in [0.1, 0.15) is 21.5 Å². The van der Waals surface area contributed by atoms with Crippen molar-refractivity contribution in [1.82, 2.24) is 5.32 Å². The minimum atomic E-state index is -0.443. The average Bonchev–Trinajstić information content (AvgIpc) is 2.87. The highest BCUT2D eigenvalue weighted by molar-refractivity contribution is 5.99. The van der Waals surface area contributed by atoms with Gasteiger partial charge in [-0.15, -0.1) is 0 Å². The summed E-state index contributed by atoms with van der Waals surface area (Å²) >= 11 is 0. The van der Waals surface area contributed by atoms with E-state index in [0.717, 1.165) is 16.9 Å². The van der Waals surface area contributed by atoms with Crippen LogP contribution in [0.5, 0.6) is 17.2 Å². The molecule has 0 fully saturated rings. The summed E-state index contributed by atoms with van der Waals surface area (Å²) in [5, 5.41) is 2.63. The maximum Gasteiger partial charge on any atom is 0.255 e. The van der Waals surface area contributed by atoms with Gasteiger partial charge in [0.2, 0.25) is 0 Å². The van der Waals surface area contributed by atoms with Crippen LogP contribution in [-0.4, -0.2) is 44.8 Å². The van der Waals surface area contributed by atoms with E-state index in [-0.39, 0.29) is 48.9 Å². The van der Waals surface area contributed by atoms with Crippen molar-refractivity contribution in [2.45, 2.75) is 12.8 Å². The number of methoxy groups -OCH3 is 2. The van der Waals surface area contributed by atoms with Crippen molar-refractivity contribution in [3.05, 3.63) is 89.5 Å². The Morgan fingerprint density at radius 1 is 0.706 bits per heavy atom. The van der Waals surface area contributed by atoms with Crippen LogP contribution in [0.2, 0.25) is 0 Å². The van der Waals surface area contributed by atoms with Crippen molar-refractivity contribution in [3.8, 4) is 17.2 Å². The van der Waals surface area contributed by atoms with Crippen LogP contribution in [-0.2, 0) is 22.4 Å². The zero-order valence-electron chi connectivity index (χ0n) is 19.2. The minimum Gasteiger partial charge on any atom is -0.497 e.